The van der Waals surface area contributed by atoms with Crippen LogP contribution in [0.25, 0.3) is 17.0 Å². The van der Waals surface area contributed by atoms with Crippen LogP contribution >= 0.6 is 11.6 Å². The number of aryl methyl sites for hydroxylation is 3. The van der Waals surface area contributed by atoms with E-state index in [-0.39, 0.29) is 6.04 Å². The van der Waals surface area contributed by atoms with Gasteiger partial charge in [-0.2, -0.15) is 5.10 Å². The van der Waals surface area contributed by atoms with E-state index in [1.165, 1.54) is 0 Å². The highest BCUT2D eigenvalue weighted by Gasteiger charge is 2.29. The summed E-state index contributed by atoms with van der Waals surface area (Å²) >= 11 is 6.29. The fourth-order valence-electron chi connectivity index (χ4n) is 4.18. The number of hydrogen-bond donors (Lipinski definition) is 2. The van der Waals surface area contributed by atoms with Crippen LogP contribution in [0.1, 0.15) is 63.5 Å². The average molecular weight is 429 g/mol. The van der Waals surface area contributed by atoms with Crippen molar-refractivity contribution in [1.82, 2.24) is 24.6 Å². The van der Waals surface area contributed by atoms with E-state index in [0.717, 1.165) is 72.7 Å². The minimum atomic E-state index is -0.568. The van der Waals surface area contributed by atoms with E-state index in [2.05, 4.69) is 24.3 Å². The van der Waals surface area contributed by atoms with Crippen molar-refractivity contribution in [3.8, 4) is 11.4 Å². The Bertz CT molecular complexity index is 1070. The monoisotopic (exact) mass is 428 g/mol. The van der Waals surface area contributed by atoms with Crippen LogP contribution in [0, 0.1) is 6.92 Å². The second-order valence-electron chi connectivity index (χ2n) is 8.45. The Hall–Kier alpha value is -2.25. The molecule has 160 valence electrons. The van der Waals surface area contributed by atoms with Crippen molar-refractivity contribution in [3.63, 3.8) is 0 Å². The summed E-state index contributed by atoms with van der Waals surface area (Å²) in [5, 5.41) is 18.6. The summed E-state index contributed by atoms with van der Waals surface area (Å²) in [6.45, 7) is 8.07. The van der Waals surface area contributed by atoms with Gasteiger partial charge in [-0.1, -0.05) is 25.4 Å². The van der Waals surface area contributed by atoms with Crippen molar-refractivity contribution in [1.29, 1.82) is 0 Å². The molecular weight excluding hydrogens is 400 g/mol. The lowest BCUT2D eigenvalue weighted by atomic mass is 9.83. The van der Waals surface area contributed by atoms with Crippen molar-refractivity contribution in [3.05, 3.63) is 34.5 Å². The lowest BCUT2D eigenvalue weighted by Gasteiger charge is -2.33. The van der Waals surface area contributed by atoms with Crippen molar-refractivity contribution in [2.24, 2.45) is 0 Å². The molecule has 0 atom stereocenters. The number of hydrogen-bond acceptors (Lipinski definition) is 6. The van der Waals surface area contributed by atoms with E-state index in [0.29, 0.717) is 10.8 Å². The van der Waals surface area contributed by atoms with Gasteiger partial charge in [-0.3, -0.25) is 4.98 Å². The fraction of sp³-hybridized carbons (Fsp3) is 0.545. The first-order valence-electron chi connectivity index (χ1n) is 10.7. The second kappa shape index (κ2) is 8.12. The smallest absolute Gasteiger partial charge is 0.177 e. The Labute approximate surface area is 181 Å². The van der Waals surface area contributed by atoms with Gasteiger partial charge in [-0.25, -0.2) is 14.5 Å². The molecule has 0 aliphatic heterocycles. The molecule has 7 nitrogen and oxygen atoms in total. The Kier molecular flexibility index (Phi) is 5.68. The van der Waals surface area contributed by atoms with Crippen LogP contribution in [0.3, 0.4) is 0 Å². The van der Waals surface area contributed by atoms with Crippen LogP contribution in [0.4, 0.5) is 5.69 Å². The summed E-state index contributed by atoms with van der Waals surface area (Å²) in [7, 11) is 0. The Morgan fingerprint density at radius 1 is 1.17 bits per heavy atom. The van der Waals surface area contributed by atoms with Gasteiger partial charge >= 0.3 is 0 Å². The molecule has 0 bridgehead atoms. The van der Waals surface area contributed by atoms with Crippen LogP contribution in [-0.2, 0) is 12.8 Å². The molecule has 0 unspecified atom stereocenters. The lowest BCUT2D eigenvalue weighted by molar-refractivity contribution is 0.0196. The number of aromatic nitrogens is 5. The van der Waals surface area contributed by atoms with Crippen LogP contribution in [0.5, 0.6) is 0 Å². The maximum atomic E-state index is 10.2. The zero-order chi connectivity index (χ0) is 21.5. The van der Waals surface area contributed by atoms with E-state index < -0.39 is 5.60 Å². The predicted molar refractivity (Wildman–Crippen MR) is 119 cm³/mol. The van der Waals surface area contributed by atoms with Gasteiger partial charge in [0.05, 0.1) is 34.6 Å². The van der Waals surface area contributed by atoms with Gasteiger partial charge in [-0.05, 0) is 52.4 Å². The number of nitrogens with zero attached hydrogens (tertiary/aromatic N) is 5. The molecular formula is C22H29ClN6O. The molecule has 0 amide bonds. The van der Waals surface area contributed by atoms with E-state index >= 15 is 0 Å². The van der Waals surface area contributed by atoms with Gasteiger partial charge in [0.15, 0.2) is 10.8 Å². The second-order valence-corrected chi connectivity index (χ2v) is 8.84. The Morgan fingerprint density at radius 2 is 1.83 bits per heavy atom. The van der Waals surface area contributed by atoms with Gasteiger partial charge in [-0.15, -0.1) is 0 Å². The maximum absolute atomic E-state index is 10.2. The fourth-order valence-corrected chi connectivity index (χ4v) is 4.37. The van der Waals surface area contributed by atoms with Crippen LogP contribution < -0.4 is 5.32 Å². The highest BCUT2D eigenvalue weighted by Crippen LogP contribution is 2.31. The number of fused-ring (bicyclic) bond motifs is 1. The molecule has 2 N–H and O–H groups in total. The molecule has 0 spiro atoms. The average Bonchev–Trinajstić information content (AvgIpc) is 3.13. The zero-order valence-corrected chi connectivity index (χ0v) is 18.8. The molecule has 0 aromatic carbocycles. The number of anilines is 1. The standard InChI is InChI=1S/C22H29ClN6O/c1-5-15-16(6-2)26-20(13(3)24-15)18-12-29-21(27-18)17(11-19(23)28-29)25-14-7-9-22(4,30)10-8-14/h11-12,14,25,30H,5-10H2,1-4H3. The van der Waals surface area contributed by atoms with Gasteiger partial charge in [0.2, 0.25) is 0 Å². The van der Waals surface area contributed by atoms with Crippen molar-refractivity contribution in [2.45, 2.75) is 77.9 Å². The van der Waals surface area contributed by atoms with E-state index in [4.69, 9.17) is 26.6 Å². The quantitative estimate of drug-likeness (QED) is 0.627. The molecule has 1 aliphatic carbocycles. The largest absolute Gasteiger partial charge is 0.390 e. The minimum Gasteiger partial charge on any atom is -0.390 e. The summed E-state index contributed by atoms with van der Waals surface area (Å²) < 4.78 is 1.71. The van der Waals surface area contributed by atoms with Crippen LogP contribution in [-0.4, -0.2) is 41.3 Å². The summed E-state index contributed by atoms with van der Waals surface area (Å²) in [6.07, 6.45) is 6.90. The topological polar surface area (TPSA) is 88.2 Å². The first-order chi connectivity index (χ1) is 14.3. The number of halogens is 1. The maximum Gasteiger partial charge on any atom is 0.177 e. The van der Waals surface area contributed by atoms with Gasteiger partial charge in [0.1, 0.15) is 11.4 Å². The van der Waals surface area contributed by atoms with Gasteiger partial charge in [0.25, 0.3) is 0 Å². The molecule has 3 aromatic rings. The van der Waals surface area contributed by atoms with Gasteiger partial charge in [0, 0.05) is 12.1 Å². The summed E-state index contributed by atoms with van der Waals surface area (Å²) in [5.74, 6) is 0. The third kappa shape index (κ3) is 4.14. The Balaban J connectivity index is 1.71. The highest BCUT2D eigenvalue weighted by atomic mass is 35.5. The molecule has 30 heavy (non-hydrogen) atoms. The summed E-state index contributed by atoms with van der Waals surface area (Å²) in [4.78, 5) is 14.5. The molecule has 1 saturated carbocycles. The normalized spacial score (nSPS) is 21.9. The molecule has 4 rings (SSSR count). The number of imidazole rings is 1. The number of aliphatic hydroxyl groups is 1. The van der Waals surface area contributed by atoms with Crippen molar-refractivity contribution >= 4 is 22.9 Å². The molecule has 3 aromatic heterocycles. The van der Waals surface area contributed by atoms with Crippen LogP contribution in [0.2, 0.25) is 5.15 Å². The SMILES string of the molecule is CCc1nc(C)c(-c2cn3nc(Cl)cc(NC4CCC(C)(O)CC4)c3n2)nc1CC. The molecule has 1 fully saturated rings. The van der Waals surface area contributed by atoms with Crippen molar-refractivity contribution < 1.29 is 5.11 Å². The van der Waals surface area contributed by atoms with E-state index in [1.54, 1.807) is 4.52 Å². The van der Waals surface area contributed by atoms with Gasteiger partial charge < -0.3 is 10.4 Å². The summed E-state index contributed by atoms with van der Waals surface area (Å²) in [5.41, 5.74) is 5.43. The Morgan fingerprint density at radius 3 is 2.50 bits per heavy atom. The molecule has 0 saturated heterocycles. The molecule has 1 aliphatic rings. The third-order valence-corrected chi connectivity index (χ3v) is 6.14. The van der Waals surface area contributed by atoms with Crippen LogP contribution in [0.15, 0.2) is 12.3 Å². The molecule has 8 heteroatoms. The predicted octanol–water partition coefficient (Wildman–Crippen LogP) is 4.38. The first-order valence-corrected chi connectivity index (χ1v) is 11.1. The molecule has 3 heterocycles. The third-order valence-electron chi connectivity index (χ3n) is 5.96. The number of rotatable bonds is 5. The number of nitrogens with one attached hydrogen (secondary N) is 1. The van der Waals surface area contributed by atoms with E-state index in [1.807, 2.05) is 26.1 Å². The zero-order valence-electron chi connectivity index (χ0n) is 18.0. The highest BCUT2D eigenvalue weighted by molar-refractivity contribution is 6.29. The first kappa shape index (κ1) is 21.0. The summed E-state index contributed by atoms with van der Waals surface area (Å²) in [6, 6.07) is 2.08. The van der Waals surface area contributed by atoms with Crippen molar-refractivity contribution in [2.75, 3.05) is 5.32 Å². The lowest BCUT2D eigenvalue weighted by Crippen LogP contribution is -2.35. The minimum absolute atomic E-state index is 0.268. The van der Waals surface area contributed by atoms with E-state index in [9.17, 15) is 5.11 Å². The molecule has 0 radical (unpaired) electrons.